The van der Waals surface area contributed by atoms with Crippen molar-refractivity contribution in [1.82, 2.24) is 10.2 Å². The third-order valence-electron chi connectivity index (χ3n) is 3.64. The average molecular weight is 406 g/mol. The Hall–Kier alpha value is -2.51. The molecule has 8 nitrogen and oxygen atoms in total. The van der Waals surface area contributed by atoms with Crippen LogP contribution in [0.15, 0.2) is 22.5 Å². The molecule has 1 aliphatic rings. The summed E-state index contributed by atoms with van der Waals surface area (Å²) in [5.74, 6) is 1.38. The van der Waals surface area contributed by atoms with E-state index in [9.17, 15) is 4.79 Å². The summed E-state index contributed by atoms with van der Waals surface area (Å²) in [6, 6.07) is 7.47. The summed E-state index contributed by atoms with van der Waals surface area (Å²) in [6.45, 7) is 4.05. The quantitative estimate of drug-likeness (QED) is 0.669. The van der Waals surface area contributed by atoms with Crippen LogP contribution in [-0.4, -0.2) is 48.2 Å². The first kappa shape index (κ1) is 19.3. The van der Waals surface area contributed by atoms with Gasteiger partial charge in [-0.3, -0.25) is 4.79 Å². The van der Waals surface area contributed by atoms with Gasteiger partial charge in [-0.05, 0) is 19.1 Å². The largest absolute Gasteiger partial charge is 0.486 e. The van der Waals surface area contributed by atoms with E-state index in [1.54, 1.807) is 17.0 Å². The Labute approximate surface area is 165 Å². The second kappa shape index (κ2) is 9.43. The predicted octanol–water partition coefficient (Wildman–Crippen LogP) is 2.78. The molecule has 27 heavy (non-hydrogen) atoms. The highest BCUT2D eigenvalue weighted by Gasteiger charge is 2.20. The molecule has 142 valence electrons. The third-order valence-corrected chi connectivity index (χ3v) is 5.64. The van der Waals surface area contributed by atoms with Crippen molar-refractivity contribution in [1.29, 1.82) is 5.26 Å². The molecule has 0 radical (unpaired) electrons. The molecule has 0 unspecified atom stereocenters. The molecule has 0 aliphatic carbocycles. The van der Waals surface area contributed by atoms with E-state index >= 15 is 0 Å². The smallest absolute Gasteiger partial charge is 0.237 e. The molecular formula is C17H19N5O3S2. The van der Waals surface area contributed by atoms with E-state index in [4.69, 9.17) is 14.7 Å². The molecule has 0 saturated heterocycles. The molecule has 1 amide bonds. The van der Waals surface area contributed by atoms with Crippen LogP contribution in [0, 0.1) is 11.3 Å². The van der Waals surface area contributed by atoms with E-state index in [0.29, 0.717) is 36.9 Å². The Morgan fingerprint density at radius 3 is 2.96 bits per heavy atom. The fraction of sp³-hybridized carbons (Fsp3) is 0.412. The summed E-state index contributed by atoms with van der Waals surface area (Å²) in [5.41, 5.74) is 0.686. The number of carbonyl (C=O) groups excluding carboxylic acids is 1. The van der Waals surface area contributed by atoms with Crippen molar-refractivity contribution in [3.05, 3.63) is 18.2 Å². The van der Waals surface area contributed by atoms with Crippen LogP contribution in [0.1, 0.15) is 13.3 Å². The molecule has 1 aromatic heterocycles. The minimum absolute atomic E-state index is 0.105. The van der Waals surface area contributed by atoms with Crippen LogP contribution in [0.4, 0.5) is 10.8 Å². The van der Waals surface area contributed by atoms with Crippen molar-refractivity contribution < 1.29 is 14.3 Å². The Morgan fingerprint density at radius 1 is 1.37 bits per heavy atom. The van der Waals surface area contributed by atoms with E-state index in [0.717, 1.165) is 16.0 Å². The second-order valence-corrected chi connectivity index (χ2v) is 7.67. The zero-order valence-corrected chi connectivity index (χ0v) is 16.4. The van der Waals surface area contributed by atoms with Gasteiger partial charge in [-0.25, -0.2) is 0 Å². The van der Waals surface area contributed by atoms with Gasteiger partial charge in [0, 0.05) is 24.8 Å². The lowest BCUT2D eigenvalue weighted by molar-refractivity contribution is -0.116. The number of fused-ring (bicyclic) bond motifs is 1. The molecule has 1 aromatic carbocycles. The number of rotatable bonds is 8. The monoisotopic (exact) mass is 405 g/mol. The Bertz CT molecular complexity index is 836. The number of amides is 1. The van der Waals surface area contributed by atoms with Crippen LogP contribution >= 0.6 is 23.1 Å². The number of hydrogen-bond donors (Lipinski definition) is 1. The van der Waals surface area contributed by atoms with Gasteiger partial charge in [0.15, 0.2) is 15.8 Å². The van der Waals surface area contributed by atoms with Gasteiger partial charge in [-0.15, -0.1) is 10.2 Å². The van der Waals surface area contributed by atoms with Gasteiger partial charge in [-0.2, -0.15) is 5.26 Å². The standard InChI is InChI=1S/C17H19N5O3S2/c1-2-19-16-20-21-17(27-16)26-11-15(23)22(7-3-6-18)12-4-5-13-14(10-12)25-9-8-24-13/h4-5,10H,2-3,7-9,11H2,1H3,(H,19,20). The molecule has 0 spiro atoms. The topological polar surface area (TPSA) is 100 Å². The average Bonchev–Trinajstić information content (AvgIpc) is 3.14. The van der Waals surface area contributed by atoms with Crippen molar-refractivity contribution in [3.63, 3.8) is 0 Å². The molecule has 1 N–H and O–H groups in total. The predicted molar refractivity (Wildman–Crippen MR) is 105 cm³/mol. The zero-order valence-electron chi connectivity index (χ0n) is 14.8. The Morgan fingerprint density at radius 2 is 2.19 bits per heavy atom. The number of aromatic nitrogens is 2. The molecule has 0 bridgehead atoms. The third kappa shape index (κ3) is 5.02. The highest BCUT2D eigenvalue weighted by molar-refractivity contribution is 8.01. The van der Waals surface area contributed by atoms with E-state index in [1.807, 2.05) is 13.0 Å². The molecule has 1 aliphatic heterocycles. The van der Waals surface area contributed by atoms with Crippen LogP contribution in [-0.2, 0) is 4.79 Å². The van der Waals surface area contributed by atoms with Gasteiger partial charge in [0.25, 0.3) is 0 Å². The summed E-state index contributed by atoms with van der Waals surface area (Å²) >= 11 is 2.75. The lowest BCUT2D eigenvalue weighted by atomic mass is 10.2. The minimum atomic E-state index is -0.105. The number of thioether (sulfide) groups is 1. The summed E-state index contributed by atoms with van der Waals surface area (Å²) in [6.07, 6.45) is 0.244. The van der Waals surface area contributed by atoms with Gasteiger partial charge < -0.3 is 19.7 Å². The first-order valence-corrected chi connectivity index (χ1v) is 10.3. The first-order valence-electron chi connectivity index (χ1n) is 8.48. The maximum Gasteiger partial charge on any atom is 0.237 e. The molecule has 0 fully saturated rings. The van der Waals surface area contributed by atoms with Gasteiger partial charge >= 0.3 is 0 Å². The maximum absolute atomic E-state index is 12.8. The van der Waals surface area contributed by atoms with E-state index in [1.165, 1.54) is 23.1 Å². The summed E-state index contributed by atoms with van der Waals surface area (Å²) < 4.78 is 11.8. The maximum atomic E-state index is 12.8. The molecule has 2 heterocycles. The van der Waals surface area contributed by atoms with Crippen molar-refractivity contribution in [2.75, 3.05) is 42.3 Å². The number of ether oxygens (including phenoxy) is 2. The molecule has 2 aromatic rings. The van der Waals surface area contributed by atoms with Crippen molar-refractivity contribution >= 4 is 39.8 Å². The summed E-state index contributed by atoms with van der Waals surface area (Å²) in [5, 5.41) is 20.9. The van der Waals surface area contributed by atoms with Crippen LogP contribution in [0.25, 0.3) is 0 Å². The number of carbonyl (C=O) groups is 1. The number of hydrogen-bond acceptors (Lipinski definition) is 9. The fourth-order valence-corrected chi connectivity index (χ4v) is 4.15. The number of nitrogens with one attached hydrogen (secondary N) is 1. The lowest BCUT2D eigenvalue weighted by Crippen LogP contribution is -2.33. The van der Waals surface area contributed by atoms with E-state index in [-0.39, 0.29) is 18.1 Å². The van der Waals surface area contributed by atoms with Crippen LogP contribution in [0.5, 0.6) is 11.5 Å². The lowest BCUT2D eigenvalue weighted by Gasteiger charge is -2.24. The van der Waals surface area contributed by atoms with E-state index in [2.05, 4.69) is 21.6 Å². The Balaban J connectivity index is 1.69. The van der Waals surface area contributed by atoms with Crippen molar-refractivity contribution in [2.24, 2.45) is 0 Å². The Kier molecular flexibility index (Phi) is 6.73. The molecule has 0 saturated carbocycles. The minimum Gasteiger partial charge on any atom is -0.486 e. The van der Waals surface area contributed by atoms with E-state index < -0.39 is 0 Å². The summed E-state index contributed by atoms with van der Waals surface area (Å²) in [7, 11) is 0. The highest BCUT2D eigenvalue weighted by Crippen LogP contribution is 2.34. The second-order valence-electron chi connectivity index (χ2n) is 5.47. The highest BCUT2D eigenvalue weighted by atomic mass is 32.2. The summed E-state index contributed by atoms with van der Waals surface area (Å²) in [4.78, 5) is 14.4. The van der Waals surface area contributed by atoms with Crippen LogP contribution in [0.2, 0.25) is 0 Å². The molecule has 0 atom stereocenters. The number of benzene rings is 1. The number of nitrogens with zero attached hydrogens (tertiary/aromatic N) is 4. The number of nitriles is 1. The normalized spacial score (nSPS) is 12.3. The SMILES string of the molecule is CCNc1nnc(SCC(=O)N(CCC#N)c2ccc3c(c2)OCCO3)s1. The first-order chi connectivity index (χ1) is 13.2. The zero-order chi connectivity index (χ0) is 19.1. The number of anilines is 2. The van der Waals surface area contributed by atoms with Crippen molar-refractivity contribution in [2.45, 2.75) is 17.7 Å². The van der Waals surface area contributed by atoms with Crippen molar-refractivity contribution in [3.8, 4) is 17.6 Å². The van der Waals surface area contributed by atoms with Crippen LogP contribution in [0.3, 0.4) is 0 Å². The molecule has 3 rings (SSSR count). The molecular weight excluding hydrogens is 386 g/mol. The van der Waals surface area contributed by atoms with Gasteiger partial charge in [0.05, 0.1) is 18.2 Å². The van der Waals surface area contributed by atoms with Gasteiger partial charge in [-0.1, -0.05) is 23.1 Å². The van der Waals surface area contributed by atoms with Gasteiger partial charge in [0.2, 0.25) is 11.0 Å². The fourth-order valence-electron chi connectivity index (χ4n) is 2.45. The van der Waals surface area contributed by atoms with Gasteiger partial charge in [0.1, 0.15) is 13.2 Å². The van der Waals surface area contributed by atoms with Crippen LogP contribution < -0.4 is 19.7 Å². The molecule has 10 heteroatoms.